The minimum atomic E-state index is 0.442. The second-order valence-electron chi connectivity index (χ2n) is 5.53. The molecule has 2 aromatic rings. The van der Waals surface area contributed by atoms with E-state index in [-0.39, 0.29) is 0 Å². The van der Waals surface area contributed by atoms with Gasteiger partial charge in [-0.05, 0) is 79.2 Å². The molecule has 0 unspecified atom stereocenters. The first-order chi connectivity index (χ1) is 12.0. The van der Waals surface area contributed by atoms with E-state index in [1.54, 1.807) is 7.11 Å². The second kappa shape index (κ2) is 9.19. The number of methoxy groups -OCH3 is 1. The van der Waals surface area contributed by atoms with Crippen molar-refractivity contribution in [3.8, 4) is 5.75 Å². The Bertz CT molecular complexity index is 747. The summed E-state index contributed by atoms with van der Waals surface area (Å²) in [6.07, 6.45) is 0. The molecule has 132 valence electrons. The molecule has 0 amide bonds. The van der Waals surface area contributed by atoms with E-state index in [4.69, 9.17) is 29.2 Å². The van der Waals surface area contributed by atoms with Gasteiger partial charge in [-0.3, -0.25) is 10.9 Å². The number of hydrazine groups is 1. The minimum absolute atomic E-state index is 0.442. The highest BCUT2D eigenvalue weighted by molar-refractivity contribution is 7.80. The fourth-order valence-corrected chi connectivity index (χ4v) is 2.36. The van der Waals surface area contributed by atoms with Gasteiger partial charge in [0.1, 0.15) is 5.75 Å². The van der Waals surface area contributed by atoms with E-state index >= 15 is 0 Å². The number of hydrogen-bond donors (Lipinski definition) is 4. The number of benzene rings is 2. The van der Waals surface area contributed by atoms with Crippen LogP contribution in [0.1, 0.15) is 16.7 Å². The van der Waals surface area contributed by atoms with E-state index in [9.17, 15) is 0 Å². The zero-order chi connectivity index (χ0) is 18.2. The standard InChI is InChI=1S/C18H22N4OS2/c1-12-4-7-15(10-13(12)2)20-18(25)22-21-17(24)19-11-14-5-8-16(23-3)9-6-14/h4-10H,11H2,1-3H3,(H2,19,21,24)(H2,20,22,25). The first-order valence-electron chi connectivity index (χ1n) is 7.79. The average Bonchev–Trinajstić information content (AvgIpc) is 2.61. The van der Waals surface area contributed by atoms with Crippen LogP contribution in [0.25, 0.3) is 0 Å². The molecule has 0 saturated heterocycles. The van der Waals surface area contributed by atoms with E-state index in [0.717, 1.165) is 17.0 Å². The third-order valence-corrected chi connectivity index (χ3v) is 4.12. The number of hydrogen-bond acceptors (Lipinski definition) is 3. The molecule has 0 heterocycles. The summed E-state index contributed by atoms with van der Waals surface area (Å²) in [5, 5.41) is 7.11. The van der Waals surface area contributed by atoms with Crippen LogP contribution in [-0.4, -0.2) is 17.3 Å². The summed E-state index contributed by atoms with van der Waals surface area (Å²) >= 11 is 10.5. The van der Waals surface area contributed by atoms with Gasteiger partial charge in [0.05, 0.1) is 7.11 Å². The third-order valence-electron chi connectivity index (χ3n) is 3.67. The Labute approximate surface area is 159 Å². The lowest BCUT2D eigenvalue weighted by Crippen LogP contribution is -2.47. The van der Waals surface area contributed by atoms with Crippen LogP contribution in [0.3, 0.4) is 0 Å². The van der Waals surface area contributed by atoms with Crippen molar-refractivity contribution in [2.45, 2.75) is 20.4 Å². The van der Waals surface area contributed by atoms with Crippen molar-refractivity contribution in [2.24, 2.45) is 0 Å². The van der Waals surface area contributed by atoms with E-state index in [1.807, 2.05) is 36.4 Å². The molecule has 0 aromatic heterocycles. The van der Waals surface area contributed by atoms with Gasteiger partial charge in [0.25, 0.3) is 0 Å². The maximum absolute atomic E-state index is 5.25. The highest BCUT2D eigenvalue weighted by Crippen LogP contribution is 2.14. The molecule has 0 atom stereocenters. The first-order valence-corrected chi connectivity index (χ1v) is 8.60. The lowest BCUT2D eigenvalue weighted by molar-refractivity contribution is 0.414. The van der Waals surface area contributed by atoms with Crippen LogP contribution >= 0.6 is 24.4 Å². The Hall–Kier alpha value is -2.38. The van der Waals surface area contributed by atoms with Gasteiger partial charge >= 0.3 is 0 Å². The average molecular weight is 375 g/mol. The maximum atomic E-state index is 5.25. The van der Waals surface area contributed by atoms with Gasteiger partial charge in [0, 0.05) is 12.2 Å². The third kappa shape index (κ3) is 6.21. The van der Waals surface area contributed by atoms with E-state index < -0.39 is 0 Å². The molecule has 0 aliphatic rings. The molecule has 5 nitrogen and oxygen atoms in total. The molecule has 4 N–H and O–H groups in total. The fourth-order valence-electron chi connectivity index (χ4n) is 2.06. The number of thiocarbonyl (C=S) groups is 2. The highest BCUT2D eigenvalue weighted by Gasteiger charge is 2.01. The van der Waals surface area contributed by atoms with Crippen LogP contribution in [0.5, 0.6) is 5.75 Å². The van der Waals surface area contributed by atoms with E-state index in [1.165, 1.54) is 11.1 Å². The van der Waals surface area contributed by atoms with Crippen molar-refractivity contribution < 1.29 is 4.74 Å². The number of anilines is 1. The van der Waals surface area contributed by atoms with Gasteiger partial charge in [-0.2, -0.15) is 0 Å². The Morgan fingerprint density at radius 3 is 2.24 bits per heavy atom. The van der Waals surface area contributed by atoms with E-state index in [0.29, 0.717) is 16.8 Å². The molecular formula is C18H22N4OS2. The summed E-state index contributed by atoms with van der Waals surface area (Å²) in [7, 11) is 1.65. The summed E-state index contributed by atoms with van der Waals surface area (Å²) in [5.74, 6) is 0.828. The Kier molecular flexibility index (Phi) is 6.97. The van der Waals surface area contributed by atoms with Crippen LogP contribution in [-0.2, 0) is 6.54 Å². The summed E-state index contributed by atoms with van der Waals surface area (Å²) in [6.45, 7) is 4.74. The number of aryl methyl sites for hydroxylation is 2. The van der Waals surface area contributed by atoms with Crippen molar-refractivity contribution in [3.63, 3.8) is 0 Å². The predicted octanol–water partition coefficient (Wildman–Crippen LogP) is 3.18. The SMILES string of the molecule is COc1ccc(CNC(=S)NNC(=S)Nc2ccc(C)c(C)c2)cc1. The molecule has 0 saturated carbocycles. The fraction of sp³-hybridized carbons (Fsp3) is 0.222. The van der Waals surface area contributed by atoms with Crippen molar-refractivity contribution in [2.75, 3.05) is 12.4 Å². The molecule has 7 heteroatoms. The van der Waals surface area contributed by atoms with Crippen LogP contribution < -0.4 is 26.2 Å². The Morgan fingerprint density at radius 2 is 1.60 bits per heavy atom. The Morgan fingerprint density at radius 1 is 0.920 bits per heavy atom. The molecule has 0 spiro atoms. The van der Waals surface area contributed by atoms with Crippen molar-refractivity contribution in [1.82, 2.24) is 16.2 Å². The molecule has 2 rings (SSSR count). The summed E-state index contributed by atoms with van der Waals surface area (Å²) in [6, 6.07) is 13.9. The van der Waals surface area contributed by atoms with Gasteiger partial charge in [-0.1, -0.05) is 18.2 Å². The van der Waals surface area contributed by atoms with Crippen molar-refractivity contribution in [3.05, 3.63) is 59.2 Å². The van der Waals surface area contributed by atoms with Gasteiger partial charge in [-0.25, -0.2) is 0 Å². The number of rotatable bonds is 4. The predicted molar refractivity (Wildman–Crippen MR) is 111 cm³/mol. The molecule has 25 heavy (non-hydrogen) atoms. The van der Waals surface area contributed by atoms with Gasteiger partial charge in [0.15, 0.2) is 10.2 Å². The molecule has 0 fully saturated rings. The van der Waals surface area contributed by atoms with Gasteiger partial charge in [0.2, 0.25) is 0 Å². The molecule has 0 bridgehead atoms. The molecule has 2 aromatic carbocycles. The normalized spacial score (nSPS) is 9.88. The minimum Gasteiger partial charge on any atom is -0.497 e. The monoisotopic (exact) mass is 374 g/mol. The number of nitrogens with one attached hydrogen (secondary N) is 4. The van der Waals surface area contributed by atoms with Gasteiger partial charge < -0.3 is 15.4 Å². The molecule has 0 aliphatic carbocycles. The van der Waals surface area contributed by atoms with Crippen molar-refractivity contribution in [1.29, 1.82) is 0 Å². The summed E-state index contributed by atoms with van der Waals surface area (Å²) in [4.78, 5) is 0. The lowest BCUT2D eigenvalue weighted by Gasteiger charge is -2.15. The smallest absolute Gasteiger partial charge is 0.189 e. The molecule has 0 aliphatic heterocycles. The van der Waals surface area contributed by atoms with Crippen LogP contribution in [0.15, 0.2) is 42.5 Å². The van der Waals surface area contributed by atoms with Gasteiger partial charge in [-0.15, -0.1) is 0 Å². The quantitative estimate of drug-likeness (QED) is 0.484. The first kappa shape index (κ1) is 19.0. The topological polar surface area (TPSA) is 57.4 Å². The lowest BCUT2D eigenvalue weighted by atomic mass is 10.1. The maximum Gasteiger partial charge on any atom is 0.189 e. The zero-order valence-electron chi connectivity index (χ0n) is 14.5. The van der Waals surface area contributed by atoms with Crippen LogP contribution in [0, 0.1) is 13.8 Å². The number of ether oxygens (including phenoxy) is 1. The summed E-state index contributed by atoms with van der Waals surface area (Å²) in [5.41, 5.74) is 10.2. The highest BCUT2D eigenvalue weighted by atomic mass is 32.1. The second-order valence-corrected chi connectivity index (χ2v) is 6.35. The summed E-state index contributed by atoms with van der Waals surface area (Å²) < 4.78 is 5.13. The van der Waals surface area contributed by atoms with Crippen LogP contribution in [0.2, 0.25) is 0 Å². The zero-order valence-corrected chi connectivity index (χ0v) is 16.1. The largest absolute Gasteiger partial charge is 0.497 e. The molecular weight excluding hydrogens is 352 g/mol. The van der Waals surface area contributed by atoms with Crippen molar-refractivity contribution >= 4 is 40.3 Å². The molecule has 0 radical (unpaired) electrons. The Balaban J connectivity index is 1.73. The van der Waals surface area contributed by atoms with Crippen LogP contribution in [0.4, 0.5) is 5.69 Å². The van der Waals surface area contributed by atoms with E-state index in [2.05, 4.69) is 41.4 Å².